The molecule has 0 aromatic heterocycles. The van der Waals surface area contributed by atoms with Gasteiger partial charge in [-0.3, -0.25) is 0 Å². The molecule has 0 aliphatic carbocycles. The SMILES string of the molecule is Fc1cc(C2=CC=C[N+]=C2c2ccccc2)cc(F)c1F. The van der Waals surface area contributed by atoms with Crippen LogP contribution < -0.4 is 4.99 Å². The number of halogens is 3. The van der Waals surface area contributed by atoms with Crippen LogP contribution in [0.1, 0.15) is 11.1 Å². The number of benzene rings is 2. The second-order valence-electron chi connectivity index (χ2n) is 4.52. The minimum atomic E-state index is -1.47. The quantitative estimate of drug-likeness (QED) is 0.744. The molecule has 1 nitrogen and oxygen atoms in total. The maximum Gasteiger partial charge on any atom is 0.292 e. The average molecular weight is 285 g/mol. The van der Waals surface area contributed by atoms with Gasteiger partial charge >= 0.3 is 0 Å². The molecule has 0 atom stereocenters. The largest absolute Gasteiger partial charge is 0.292 e. The van der Waals surface area contributed by atoms with Crippen molar-refractivity contribution in [2.24, 2.45) is 0 Å². The third kappa shape index (κ3) is 2.52. The minimum absolute atomic E-state index is 0.248. The molecule has 0 spiro atoms. The van der Waals surface area contributed by atoms with Crippen LogP contribution in [0.3, 0.4) is 0 Å². The summed E-state index contributed by atoms with van der Waals surface area (Å²) in [6.45, 7) is 0. The molecule has 1 radical (unpaired) electrons. The van der Waals surface area contributed by atoms with Crippen molar-refractivity contribution in [2.75, 3.05) is 0 Å². The molecular formula is C17H10F3N+. The van der Waals surface area contributed by atoms with E-state index in [1.807, 2.05) is 30.3 Å². The Morgan fingerprint density at radius 1 is 0.810 bits per heavy atom. The lowest BCUT2D eigenvalue weighted by Gasteiger charge is -2.07. The zero-order valence-electron chi connectivity index (χ0n) is 10.9. The summed E-state index contributed by atoms with van der Waals surface area (Å²) in [5.74, 6) is -3.90. The van der Waals surface area contributed by atoms with Crippen LogP contribution >= 0.6 is 0 Å². The lowest BCUT2D eigenvalue weighted by molar-refractivity contribution is 0.447. The molecule has 21 heavy (non-hydrogen) atoms. The highest BCUT2D eigenvalue weighted by Crippen LogP contribution is 2.24. The van der Waals surface area contributed by atoms with Crippen molar-refractivity contribution >= 4 is 11.3 Å². The summed E-state index contributed by atoms with van der Waals surface area (Å²) in [6, 6.07) is 11.2. The molecule has 0 amide bonds. The van der Waals surface area contributed by atoms with Gasteiger partial charge in [0, 0.05) is 6.08 Å². The highest BCUT2D eigenvalue weighted by Gasteiger charge is 2.24. The van der Waals surface area contributed by atoms with Crippen LogP contribution in [-0.4, -0.2) is 5.71 Å². The first kappa shape index (κ1) is 13.4. The molecule has 1 heterocycles. The second kappa shape index (κ2) is 5.40. The summed E-state index contributed by atoms with van der Waals surface area (Å²) in [6.07, 6.45) is 4.96. The maximum atomic E-state index is 13.4. The molecule has 1 aliphatic heterocycles. The molecule has 0 unspecified atom stereocenters. The third-order valence-corrected chi connectivity index (χ3v) is 3.15. The number of hydrogen-bond donors (Lipinski definition) is 0. The zero-order chi connectivity index (χ0) is 14.8. The highest BCUT2D eigenvalue weighted by atomic mass is 19.2. The van der Waals surface area contributed by atoms with E-state index >= 15 is 0 Å². The van der Waals surface area contributed by atoms with E-state index in [4.69, 9.17) is 0 Å². The van der Waals surface area contributed by atoms with Crippen molar-refractivity contribution in [2.45, 2.75) is 0 Å². The molecule has 0 saturated heterocycles. The second-order valence-corrected chi connectivity index (χ2v) is 4.52. The summed E-state index contributed by atoms with van der Waals surface area (Å²) in [5.41, 5.74) is 2.20. The van der Waals surface area contributed by atoms with E-state index in [9.17, 15) is 13.2 Å². The standard InChI is InChI=1S/C17H10F3N/c18-14-9-12(10-15(19)16(14)20)13-7-4-8-21-17(13)11-5-2-1-3-6-11/h1-10H/q+1. The van der Waals surface area contributed by atoms with Crippen molar-refractivity contribution in [1.29, 1.82) is 0 Å². The molecule has 3 rings (SSSR count). The highest BCUT2D eigenvalue weighted by molar-refractivity contribution is 6.32. The molecule has 103 valence electrons. The number of rotatable bonds is 2. The van der Waals surface area contributed by atoms with Gasteiger partial charge in [-0.2, -0.15) is 0 Å². The Balaban J connectivity index is 2.11. The van der Waals surface area contributed by atoms with Gasteiger partial charge in [0.1, 0.15) is 0 Å². The van der Waals surface area contributed by atoms with E-state index < -0.39 is 17.5 Å². The zero-order valence-corrected chi connectivity index (χ0v) is 10.9. The topological polar surface area (TPSA) is 14.1 Å². The molecule has 4 heteroatoms. The number of nitrogens with zero attached hydrogens (tertiary/aromatic N) is 1. The Hall–Kier alpha value is -2.62. The summed E-state index contributed by atoms with van der Waals surface area (Å²) < 4.78 is 39.9. The van der Waals surface area contributed by atoms with Gasteiger partial charge in [-0.25, -0.2) is 13.2 Å². The smallest absolute Gasteiger partial charge is 0.204 e. The van der Waals surface area contributed by atoms with Crippen LogP contribution in [0.25, 0.3) is 5.57 Å². The van der Waals surface area contributed by atoms with E-state index in [1.54, 1.807) is 18.4 Å². The van der Waals surface area contributed by atoms with Crippen LogP contribution in [-0.2, 0) is 0 Å². The van der Waals surface area contributed by atoms with Gasteiger partial charge in [-0.15, -0.1) is 0 Å². The van der Waals surface area contributed by atoms with Gasteiger partial charge in [0.15, 0.2) is 17.5 Å². The normalized spacial score (nSPS) is 13.9. The first-order chi connectivity index (χ1) is 10.2. The lowest BCUT2D eigenvalue weighted by Crippen LogP contribution is -2.12. The molecule has 0 fully saturated rings. The van der Waals surface area contributed by atoms with Gasteiger partial charge in [0.05, 0.1) is 16.1 Å². The van der Waals surface area contributed by atoms with E-state index in [0.717, 1.165) is 17.7 Å². The van der Waals surface area contributed by atoms with E-state index in [0.29, 0.717) is 11.3 Å². The van der Waals surface area contributed by atoms with Crippen molar-refractivity contribution < 1.29 is 13.2 Å². The molecule has 0 N–H and O–H groups in total. The molecule has 0 saturated carbocycles. The molecule has 1 aliphatic rings. The van der Waals surface area contributed by atoms with Crippen molar-refractivity contribution in [3.8, 4) is 0 Å². The molecular weight excluding hydrogens is 275 g/mol. The predicted molar refractivity (Wildman–Crippen MR) is 76.1 cm³/mol. The van der Waals surface area contributed by atoms with Gasteiger partial charge in [0.25, 0.3) is 5.71 Å². The summed E-state index contributed by atoms with van der Waals surface area (Å²) >= 11 is 0. The van der Waals surface area contributed by atoms with Gasteiger partial charge < -0.3 is 0 Å². The fourth-order valence-electron chi connectivity index (χ4n) is 2.18. The lowest BCUT2D eigenvalue weighted by atomic mass is 9.94. The Morgan fingerprint density at radius 3 is 2.14 bits per heavy atom. The van der Waals surface area contributed by atoms with E-state index in [2.05, 4.69) is 4.99 Å². The first-order valence-electron chi connectivity index (χ1n) is 6.32. The van der Waals surface area contributed by atoms with Crippen LogP contribution in [0, 0.1) is 17.5 Å². The van der Waals surface area contributed by atoms with Crippen LogP contribution in [0.4, 0.5) is 13.2 Å². The fourth-order valence-corrected chi connectivity index (χ4v) is 2.18. The Morgan fingerprint density at radius 2 is 1.48 bits per heavy atom. The summed E-state index contributed by atoms with van der Waals surface area (Å²) in [4.78, 5) is 4.27. The number of allylic oxidation sites excluding steroid dienone is 3. The van der Waals surface area contributed by atoms with Crippen molar-refractivity contribution in [3.63, 3.8) is 0 Å². The maximum absolute atomic E-state index is 13.4. The first-order valence-corrected chi connectivity index (χ1v) is 6.32. The van der Waals surface area contributed by atoms with Gasteiger partial charge in [0.2, 0.25) is 6.20 Å². The number of aliphatic imine (C=N–C) groups is 1. The van der Waals surface area contributed by atoms with E-state index in [-0.39, 0.29) is 5.56 Å². The minimum Gasteiger partial charge on any atom is -0.204 e. The summed E-state index contributed by atoms with van der Waals surface area (Å²) in [5, 5.41) is 0. The van der Waals surface area contributed by atoms with Gasteiger partial charge in [-0.1, -0.05) is 18.2 Å². The van der Waals surface area contributed by atoms with E-state index in [1.165, 1.54) is 0 Å². The molecule has 2 aromatic rings. The Kier molecular flexibility index (Phi) is 3.44. The van der Waals surface area contributed by atoms with Crippen molar-refractivity contribution in [1.82, 2.24) is 4.99 Å². The summed E-state index contributed by atoms with van der Waals surface area (Å²) in [7, 11) is 0. The number of hydrogen-bond acceptors (Lipinski definition) is 1. The third-order valence-electron chi connectivity index (χ3n) is 3.15. The molecule has 2 aromatic carbocycles. The monoisotopic (exact) mass is 285 g/mol. The average Bonchev–Trinajstić information content (AvgIpc) is 2.53. The predicted octanol–water partition coefficient (Wildman–Crippen LogP) is 3.84. The van der Waals surface area contributed by atoms with Crippen LogP contribution in [0.5, 0.6) is 0 Å². The molecule has 0 bridgehead atoms. The van der Waals surface area contributed by atoms with Crippen LogP contribution in [0.2, 0.25) is 0 Å². The van der Waals surface area contributed by atoms with Crippen LogP contribution in [0.15, 0.2) is 60.8 Å². The fraction of sp³-hybridized carbons (Fsp3) is 0. The van der Waals surface area contributed by atoms with Gasteiger partial charge in [-0.05, 0) is 35.9 Å². The Bertz CT molecular complexity index is 751. The van der Waals surface area contributed by atoms with Crippen molar-refractivity contribution in [3.05, 3.63) is 89.4 Å². The Labute approximate surface area is 119 Å².